The van der Waals surface area contributed by atoms with Crippen LogP contribution in [0.1, 0.15) is 0 Å². The Kier molecular flexibility index (Phi) is 3.83. The molecule has 4 nitrogen and oxygen atoms in total. The Morgan fingerprint density at radius 1 is 1.33 bits per heavy atom. The molecule has 0 aliphatic heterocycles. The van der Waals surface area contributed by atoms with Crippen molar-refractivity contribution in [2.75, 3.05) is 17.2 Å². The van der Waals surface area contributed by atoms with Crippen molar-refractivity contribution in [2.45, 2.75) is 0 Å². The van der Waals surface area contributed by atoms with Crippen LogP contribution in [0.5, 0.6) is 0 Å². The van der Waals surface area contributed by atoms with Gasteiger partial charge in [-0.3, -0.25) is 4.79 Å². The maximum absolute atomic E-state index is 12.9. The highest BCUT2D eigenvalue weighted by Crippen LogP contribution is 2.13. The van der Waals surface area contributed by atoms with Crippen molar-refractivity contribution in [3.8, 4) is 0 Å². The normalized spacial score (nSPS) is 10.1. The van der Waals surface area contributed by atoms with Crippen molar-refractivity contribution < 1.29 is 13.6 Å². The summed E-state index contributed by atoms with van der Waals surface area (Å²) in [6, 6.07) is 3.18. The van der Waals surface area contributed by atoms with Crippen LogP contribution in [0.15, 0.2) is 29.8 Å². The fraction of sp³-hybridized carbons (Fsp3) is 0.0909. The van der Waals surface area contributed by atoms with E-state index in [1.807, 2.05) is 0 Å². The molecule has 1 heterocycles. The molecule has 2 rings (SSSR count). The third-order valence-corrected chi connectivity index (χ3v) is 2.77. The number of carbonyl (C=O) groups excluding carboxylic acids is 1. The van der Waals surface area contributed by atoms with E-state index in [0.29, 0.717) is 5.13 Å². The number of rotatable bonds is 4. The standard InChI is InChI=1S/C11H9F2N3OS/c12-8-2-1-7(5-9(8)13)16-10(17)6-15-11-14-3-4-18-11/h1-5H,6H2,(H,14,15)(H,16,17). The monoisotopic (exact) mass is 269 g/mol. The Labute approximate surface area is 106 Å². The van der Waals surface area contributed by atoms with Crippen LogP contribution < -0.4 is 10.6 Å². The first-order valence-corrected chi connectivity index (χ1v) is 5.91. The first-order valence-electron chi connectivity index (χ1n) is 5.03. The number of thiazole rings is 1. The Morgan fingerprint density at radius 2 is 2.17 bits per heavy atom. The number of carbonyl (C=O) groups is 1. The number of aromatic nitrogens is 1. The lowest BCUT2D eigenvalue weighted by Gasteiger charge is -2.06. The van der Waals surface area contributed by atoms with Crippen LogP contribution in [0.2, 0.25) is 0 Å². The predicted octanol–water partition coefficient (Wildman–Crippen LogP) is 2.47. The molecule has 0 radical (unpaired) electrons. The molecular formula is C11H9F2N3OS. The zero-order valence-corrected chi connectivity index (χ0v) is 9.93. The van der Waals surface area contributed by atoms with E-state index in [1.165, 1.54) is 17.4 Å². The summed E-state index contributed by atoms with van der Waals surface area (Å²) in [7, 11) is 0. The molecule has 2 N–H and O–H groups in total. The summed E-state index contributed by atoms with van der Waals surface area (Å²) in [6.45, 7) is 0.00646. The highest BCUT2D eigenvalue weighted by Gasteiger charge is 2.06. The molecule has 1 aromatic carbocycles. The molecule has 7 heteroatoms. The van der Waals surface area contributed by atoms with Gasteiger partial charge in [0.25, 0.3) is 0 Å². The lowest BCUT2D eigenvalue weighted by molar-refractivity contribution is -0.114. The number of nitrogens with zero attached hydrogens (tertiary/aromatic N) is 1. The number of nitrogens with one attached hydrogen (secondary N) is 2. The minimum atomic E-state index is -0.999. The van der Waals surface area contributed by atoms with E-state index in [0.717, 1.165) is 12.1 Å². The van der Waals surface area contributed by atoms with E-state index in [1.54, 1.807) is 11.6 Å². The number of benzene rings is 1. The number of hydrogen-bond donors (Lipinski definition) is 2. The lowest BCUT2D eigenvalue weighted by Crippen LogP contribution is -2.21. The fourth-order valence-corrected chi connectivity index (χ4v) is 1.77. The van der Waals surface area contributed by atoms with Crippen LogP contribution in [0.4, 0.5) is 19.6 Å². The van der Waals surface area contributed by atoms with Crippen molar-refractivity contribution in [3.05, 3.63) is 41.4 Å². The summed E-state index contributed by atoms with van der Waals surface area (Å²) >= 11 is 1.36. The van der Waals surface area contributed by atoms with Gasteiger partial charge in [0.2, 0.25) is 5.91 Å². The maximum Gasteiger partial charge on any atom is 0.243 e. The van der Waals surface area contributed by atoms with Gasteiger partial charge in [-0.25, -0.2) is 13.8 Å². The lowest BCUT2D eigenvalue weighted by atomic mass is 10.3. The Morgan fingerprint density at radius 3 is 2.83 bits per heavy atom. The van der Waals surface area contributed by atoms with Crippen LogP contribution in [-0.2, 0) is 4.79 Å². The summed E-state index contributed by atoms with van der Waals surface area (Å²) in [5.74, 6) is -2.31. The second-order valence-corrected chi connectivity index (χ2v) is 4.26. The average Bonchev–Trinajstić information content (AvgIpc) is 2.84. The molecule has 94 valence electrons. The molecule has 1 aromatic heterocycles. The Hall–Kier alpha value is -2.02. The first-order chi connectivity index (χ1) is 8.65. The van der Waals surface area contributed by atoms with E-state index in [9.17, 15) is 13.6 Å². The van der Waals surface area contributed by atoms with Gasteiger partial charge in [0.15, 0.2) is 16.8 Å². The molecule has 0 atom stereocenters. The summed E-state index contributed by atoms with van der Waals surface area (Å²) in [5, 5.41) is 7.63. The zero-order valence-electron chi connectivity index (χ0n) is 9.11. The van der Waals surface area contributed by atoms with E-state index in [-0.39, 0.29) is 18.1 Å². The molecule has 18 heavy (non-hydrogen) atoms. The zero-order chi connectivity index (χ0) is 13.0. The highest BCUT2D eigenvalue weighted by molar-refractivity contribution is 7.13. The molecule has 0 saturated heterocycles. The van der Waals surface area contributed by atoms with Crippen LogP contribution in [0.25, 0.3) is 0 Å². The molecule has 0 fully saturated rings. The van der Waals surface area contributed by atoms with Gasteiger partial charge in [0.05, 0.1) is 6.54 Å². The molecule has 1 amide bonds. The van der Waals surface area contributed by atoms with Gasteiger partial charge in [0.1, 0.15) is 0 Å². The second kappa shape index (κ2) is 5.54. The van der Waals surface area contributed by atoms with Gasteiger partial charge < -0.3 is 10.6 Å². The molecular weight excluding hydrogens is 260 g/mol. The van der Waals surface area contributed by atoms with E-state index in [2.05, 4.69) is 15.6 Å². The van der Waals surface area contributed by atoms with Crippen molar-refractivity contribution >= 4 is 28.1 Å². The third-order valence-electron chi connectivity index (χ3n) is 2.04. The van der Waals surface area contributed by atoms with E-state index >= 15 is 0 Å². The molecule has 2 aromatic rings. The highest BCUT2D eigenvalue weighted by atomic mass is 32.1. The minimum Gasteiger partial charge on any atom is -0.352 e. The molecule has 0 saturated carbocycles. The quantitative estimate of drug-likeness (QED) is 0.896. The van der Waals surface area contributed by atoms with Crippen molar-refractivity contribution in [2.24, 2.45) is 0 Å². The maximum atomic E-state index is 12.9. The van der Waals surface area contributed by atoms with Crippen LogP contribution in [0.3, 0.4) is 0 Å². The summed E-state index contributed by atoms with van der Waals surface area (Å²) in [4.78, 5) is 15.4. The Bertz CT molecular complexity index is 545. The second-order valence-electron chi connectivity index (χ2n) is 3.37. The third kappa shape index (κ3) is 3.24. The smallest absolute Gasteiger partial charge is 0.243 e. The van der Waals surface area contributed by atoms with Gasteiger partial charge in [-0.1, -0.05) is 0 Å². The molecule has 0 bridgehead atoms. The largest absolute Gasteiger partial charge is 0.352 e. The van der Waals surface area contributed by atoms with E-state index < -0.39 is 11.6 Å². The fourth-order valence-electron chi connectivity index (χ4n) is 1.25. The minimum absolute atomic E-state index is 0.00646. The van der Waals surface area contributed by atoms with Crippen LogP contribution in [-0.4, -0.2) is 17.4 Å². The van der Waals surface area contributed by atoms with Crippen LogP contribution >= 0.6 is 11.3 Å². The number of amides is 1. The summed E-state index contributed by atoms with van der Waals surface area (Å²) in [5.41, 5.74) is 0.208. The molecule has 0 unspecified atom stereocenters. The molecule has 0 aliphatic carbocycles. The van der Waals surface area contributed by atoms with Crippen LogP contribution in [0, 0.1) is 11.6 Å². The van der Waals surface area contributed by atoms with Crippen molar-refractivity contribution in [3.63, 3.8) is 0 Å². The SMILES string of the molecule is O=C(CNc1nccs1)Nc1ccc(F)c(F)c1. The number of hydrogen-bond acceptors (Lipinski definition) is 4. The van der Waals surface area contributed by atoms with Gasteiger partial charge in [-0.2, -0.15) is 0 Å². The number of halogens is 2. The van der Waals surface area contributed by atoms with E-state index in [4.69, 9.17) is 0 Å². The van der Waals surface area contributed by atoms with Gasteiger partial charge in [-0.05, 0) is 12.1 Å². The first kappa shape index (κ1) is 12.4. The Balaban J connectivity index is 1.88. The average molecular weight is 269 g/mol. The number of anilines is 2. The molecule has 0 spiro atoms. The van der Waals surface area contributed by atoms with Gasteiger partial charge in [0, 0.05) is 23.3 Å². The van der Waals surface area contributed by atoms with Crippen molar-refractivity contribution in [1.29, 1.82) is 0 Å². The summed E-state index contributed by atoms with van der Waals surface area (Å²) < 4.78 is 25.6. The van der Waals surface area contributed by atoms with Gasteiger partial charge in [-0.15, -0.1) is 11.3 Å². The van der Waals surface area contributed by atoms with Gasteiger partial charge >= 0.3 is 0 Å². The topological polar surface area (TPSA) is 54.0 Å². The summed E-state index contributed by atoms with van der Waals surface area (Å²) in [6.07, 6.45) is 1.61. The predicted molar refractivity (Wildman–Crippen MR) is 65.6 cm³/mol. The molecule has 0 aliphatic rings. The van der Waals surface area contributed by atoms with Crippen molar-refractivity contribution in [1.82, 2.24) is 4.98 Å².